The van der Waals surface area contributed by atoms with Crippen molar-refractivity contribution in [3.63, 3.8) is 0 Å². The van der Waals surface area contributed by atoms with Crippen molar-refractivity contribution in [2.45, 2.75) is 37.0 Å². The molecule has 5 heteroatoms. The fourth-order valence-electron chi connectivity index (χ4n) is 2.89. The van der Waals surface area contributed by atoms with Crippen LogP contribution < -0.4 is 0 Å². The smallest absolute Gasteiger partial charge is 0.128 e. The molecule has 0 bridgehead atoms. The second-order valence-corrected chi connectivity index (χ2v) is 7.63. The Balaban J connectivity index is 1.72. The van der Waals surface area contributed by atoms with Gasteiger partial charge in [0.2, 0.25) is 0 Å². The quantitative estimate of drug-likeness (QED) is 0.518. The van der Waals surface area contributed by atoms with Crippen LogP contribution in [-0.4, -0.2) is 9.97 Å². The van der Waals surface area contributed by atoms with Crippen molar-refractivity contribution in [2.75, 3.05) is 0 Å². The predicted octanol–water partition coefficient (Wildman–Crippen LogP) is 4.70. The molecule has 0 aliphatic heterocycles. The molecular formula is C16H16N2OS2. The molecule has 0 amide bonds. The number of nitrogens with zero attached hydrogens (tertiary/aromatic N) is 2. The van der Waals surface area contributed by atoms with Crippen LogP contribution in [0.4, 0.5) is 0 Å². The molecule has 0 aromatic carbocycles. The van der Waals surface area contributed by atoms with Crippen molar-refractivity contribution in [3.05, 3.63) is 40.9 Å². The first kappa shape index (κ1) is 13.3. The molecule has 21 heavy (non-hydrogen) atoms. The summed E-state index contributed by atoms with van der Waals surface area (Å²) < 4.78 is 5.41. The lowest BCUT2D eigenvalue weighted by atomic mass is 9.89. The lowest BCUT2D eigenvalue weighted by Gasteiger charge is -2.18. The highest BCUT2D eigenvalue weighted by atomic mass is 32.2. The van der Waals surface area contributed by atoms with Crippen molar-refractivity contribution in [1.29, 1.82) is 0 Å². The molecule has 1 atom stereocenters. The van der Waals surface area contributed by atoms with E-state index in [0.717, 1.165) is 33.7 Å². The first-order valence-corrected chi connectivity index (χ1v) is 9.02. The van der Waals surface area contributed by atoms with E-state index in [0.29, 0.717) is 0 Å². The van der Waals surface area contributed by atoms with Crippen LogP contribution in [0.2, 0.25) is 0 Å². The van der Waals surface area contributed by atoms with E-state index in [2.05, 4.69) is 16.9 Å². The van der Waals surface area contributed by atoms with Crippen molar-refractivity contribution < 1.29 is 4.42 Å². The van der Waals surface area contributed by atoms with Gasteiger partial charge in [-0.25, -0.2) is 9.97 Å². The summed E-state index contributed by atoms with van der Waals surface area (Å²) in [5.41, 5.74) is 1.50. The highest BCUT2D eigenvalue weighted by Gasteiger charge is 2.23. The molecule has 0 fully saturated rings. The van der Waals surface area contributed by atoms with Crippen LogP contribution in [-0.2, 0) is 18.6 Å². The van der Waals surface area contributed by atoms with Gasteiger partial charge in [0, 0.05) is 10.3 Å². The van der Waals surface area contributed by atoms with Crippen molar-refractivity contribution >= 4 is 33.3 Å². The molecule has 0 unspecified atom stereocenters. The van der Waals surface area contributed by atoms with E-state index in [-0.39, 0.29) is 0 Å². The van der Waals surface area contributed by atoms with E-state index in [1.54, 1.807) is 24.4 Å². The third-order valence-electron chi connectivity index (χ3n) is 3.99. The second kappa shape index (κ2) is 5.46. The molecule has 108 valence electrons. The van der Waals surface area contributed by atoms with Gasteiger partial charge < -0.3 is 4.42 Å². The standard InChI is InChI=1S/C16H16N2OS2/c1-10-4-5-12-13(7-10)21-16-14(12)15(17-9-18-16)20-8-11-3-2-6-19-11/h2-3,6,9-10H,4-5,7-8H2,1H3/t10-/m0/s1. The van der Waals surface area contributed by atoms with Gasteiger partial charge in [0.05, 0.1) is 12.0 Å². The minimum Gasteiger partial charge on any atom is -0.468 e. The third-order valence-corrected chi connectivity index (χ3v) is 6.16. The summed E-state index contributed by atoms with van der Waals surface area (Å²) in [6.45, 7) is 2.34. The molecule has 0 radical (unpaired) electrons. The number of rotatable bonds is 3. The molecule has 1 aliphatic rings. The summed E-state index contributed by atoms with van der Waals surface area (Å²) in [7, 11) is 0. The van der Waals surface area contributed by atoms with E-state index in [9.17, 15) is 0 Å². The number of furan rings is 1. The number of aryl methyl sites for hydroxylation is 1. The Morgan fingerprint density at radius 3 is 3.24 bits per heavy atom. The maximum absolute atomic E-state index is 5.41. The third kappa shape index (κ3) is 2.49. The van der Waals surface area contributed by atoms with E-state index < -0.39 is 0 Å². The molecule has 3 nitrogen and oxygen atoms in total. The molecule has 1 aliphatic carbocycles. The topological polar surface area (TPSA) is 38.9 Å². The van der Waals surface area contributed by atoms with Gasteiger partial charge in [-0.2, -0.15) is 0 Å². The Morgan fingerprint density at radius 2 is 2.38 bits per heavy atom. The molecule has 0 N–H and O–H groups in total. The van der Waals surface area contributed by atoms with Crippen LogP contribution in [0.25, 0.3) is 10.2 Å². The molecule has 3 aromatic heterocycles. The Bertz CT molecular complexity index is 764. The summed E-state index contributed by atoms with van der Waals surface area (Å²) in [6, 6.07) is 3.94. The van der Waals surface area contributed by atoms with Gasteiger partial charge in [-0.05, 0) is 42.9 Å². The zero-order chi connectivity index (χ0) is 14.2. The Hall–Kier alpha value is -1.33. The first-order chi connectivity index (χ1) is 10.3. The number of hydrogen-bond donors (Lipinski definition) is 0. The lowest BCUT2D eigenvalue weighted by Crippen LogP contribution is -2.08. The predicted molar refractivity (Wildman–Crippen MR) is 86.9 cm³/mol. The first-order valence-electron chi connectivity index (χ1n) is 7.21. The molecule has 4 rings (SSSR count). The van der Waals surface area contributed by atoms with Crippen LogP contribution in [0, 0.1) is 5.92 Å². The van der Waals surface area contributed by atoms with E-state index in [4.69, 9.17) is 4.42 Å². The minimum absolute atomic E-state index is 0.790. The maximum atomic E-state index is 5.41. The molecular weight excluding hydrogens is 300 g/mol. The number of thiophene rings is 1. The summed E-state index contributed by atoms with van der Waals surface area (Å²) >= 11 is 3.60. The van der Waals surface area contributed by atoms with Crippen LogP contribution in [0.5, 0.6) is 0 Å². The number of fused-ring (bicyclic) bond motifs is 3. The largest absolute Gasteiger partial charge is 0.468 e. The van der Waals surface area contributed by atoms with Crippen LogP contribution in [0.1, 0.15) is 29.5 Å². The zero-order valence-corrected chi connectivity index (χ0v) is 13.5. The summed E-state index contributed by atoms with van der Waals surface area (Å²) in [5.74, 6) is 2.60. The maximum Gasteiger partial charge on any atom is 0.128 e. The van der Waals surface area contributed by atoms with Gasteiger partial charge in [-0.1, -0.05) is 18.7 Å². The van der Waals surface area contributed by atoms with Gasteiger partial charge in [-0.3, -0.25) is 0 Å². The average molecular weight is 316 g/mol. The average Bonchev–Trinajstić information content (AvgIpc) is 3.11. The minimum atomic E-state index is 0.790. The highest BCUT2D eigenvalue weighted by Crippen LogP contribution is 2.40. The molecule has 0 saturated heterocycles. The van der Waals surface area contributed by atoms with Gasteiger partial charge in [-0.15, -0.1) is 11.3 Å². The second-order valence-electron chi connectivity index (χ2n) is 5.58. The monoisotopic (exact) mass is 316 g/mol. The number of aromatic nitrogens is 2. The van der Waals surface area contributed by atoms with Gasteiger partial charge in [0.1, 0.15) is 21.9 Å². The van der Waals surface area contributed by atoms with Gasteiger partial charge in [0.15, 0.2) is 0 Å². The van der Waals surface area contributed by atoms with E-state index >= 15 is 0 Å². The van der Waals surface area contributed by atoms with Crippen molar-refractivity contribution in [2.24, 2.45) is 5.92 Å². The normalized spacial score (nSPS) is 18.0. The van der Waals surface area contributed by atoms with Gasteiger partial charge >= 0.3 is 0 Å². The van der Waals surface area contributed by atoms with Crippen LogP contribution in [0.15, 0.2) is 34.2 Å². The van der Waals surface area contributed by atoms with E-state index in [1.165, 1.54) is 28.7 Å². The lowest BCUT2D eigenvalue weighted by molar-refractivity contribution is 0.509. The van der Waals surface area contributed by atoms with Crippen LogP contribution in [0.3, 0.4) is 0 Å². The fourth-order valence-corrected chi connectivity index (χ4v) is 5.23. The molecule has 3 aromatic rings. The molecule has 3 heterocycles. The fraction of sp³-hybridized carbons (Fsp3) is 0.375. The number of hydrogen-bond acceptors (Lipinski definition) is 5. The highest BCUT2D eigenvalue weighted by molar-refractivity contribution is 7.98. The Labute approximate surface area is 131 Å². The summed E-state index contributed by atoms with van der Waals surface area (Å²) in [6.07, 6.45) is 7.05. The number of thioether (sulfide) groups is 1. The Morgan fingerprint density at radius 1 is 1.43 bits per heavy atom. The molecule has 0 saturated carbocycles. The SMILES string of the molecule is C[C@H]1CCc2c(sc3ncnc(SCc4ccco4)c23)C1. The summed E-state index contributed by atoms with van der Waals surface area (Å²) in [4.78, 5) is 11.7. The van der Waals surface area contributed by atoms with E-state index in [1.807, 2.05) is 23.5 Å². The van der Waals surface area contributed by atoms with Gasteiger partial charge in [0.25, 0.3) is 0 Å². The molecule has 0 spiro atoms. The summed E-state index contributed by atoms with van der Waals surface area (Å²) in [5, 5.41) is 2.39. The Kier molecular flexibility index (Phi) is 3.47. The van der Waals surface area contributed by atoms with Crippen molar-refractivity contribution in [3.8, 4) is 0 Å². The zero-order valence-electron chi connectivity index (χ0n) is 11.8. The van der Waals surface area contributed by atoms with Crippen molar-refractivity contribution in [1.82, 2.24) is 9.97 Å². The van der Waals surface area contributed by atoms with Crippen LogP contribution >= 0.6 is 23.1 Å².